The lowest BCUT2D eigenvalue weighted by molar-refractivity contribution is -0.136. The quantitative estimate of drug-likeness (QED) is 0.512. The van der Waals surface area contributed by atoms with Gasteiger partial charge in [0.25, 0.3) is 0 Å². The van der Waals surface area contributed by atoms with Crippen molar-refractivity contribution in [3.63, 3.8) is 0 Å². The third-order valence-electron chi connectivity index (χ3n) is 2.59. The number of halogens is 2. The maximum Gasteiger partial charge on any atom is 0.329 e. The van der Waals surface area contributed by atoms with Gasteiger partial charge in [0.05, 0.1) is 17.0 Å². The number of rotatable bonds is 3. The third kappa shape index (κ3) is 4.09. The summed E-state index contributed by atoms with van der Waals surface area (Å²) in [6, 6.07) is 7.88. The van der Waals surface area contributed by atoms with Crippen LogP contribution in [0.2, 0.25) is 10.0 Å². The summed E-state index contributed by atoms with van der Waals surface area (Å²) in [6.07, 6.45) is 1.48. The molecule has 6 nitrogen and oxygen atoms in total. The van der Waals surface area contributed by atoms with E-state index in [-0.39, 0.29) is 10.7 Å². The first-order valence-corrected chi connectivity index (χ1v) is 6.87. The Kier molecular flexibility index (Phi) is 5.19. The molecule has 0 saturated carbocycles. The van der Waals surface area contributed by atoms with Crippen LogP contribution < -0.4 is 10.7 Å². The number of nitrogens with zero attached hydrogens (tertiary/aromatic N) is 1. The highest BCUT2D eigenvalue weighted by atomic mass is 35.5. The number of furan rings is 1. The van der Waals surface area contributed by atoms with E-state index in [1.165, 1.54) is 18.4 Å². The van der Waals surface area contributed by atoms with Gasteiger partial charge in [-0.05, 0) is 37.3 Å². The van der Waals surface area contributed by atoms with Crippen LogP contribution in [-0.2, 0) is 9.59 Å². The number of amides is 2. The molecular weight excluding hydrogens is 329 g/mol. The van der Waals surface area contributed by atoms with Gasteiger partial charge < -0.3 is 9.73 Å². The van der Waals surface area contributed by atoms with E-state index in [4.69, 9.17) is 27.6 Å². The molecule has 0 bridgehead atoms. The first-order chi connectivity index (χ1) is 10.5. The lowest BCUT2D eigenvalue weighted by atomic mass is 10.3. The molecule has 2 rings (SSSR count). The first-order valence-electron chi connectivity index (χ1n) is 6.12. The van der Waals surface area contributed by atoms with Gasteiger partial charge in [0.15, 0.2) is 0 Å². The van der Waals surface area contributed by atoms with E-state index in [1.54, 1.807) is 25.1 Å². The van der Waals surface area contributed by atoms with E-state index in [9.17, 15) is 9.59 Å². The Hall–Kier alpha value is -2.31. The van der Waals surface area contributed by atoms with E-state index < -0.39 is 11.8 Å². The zero-order chi connectivity index (χ0) is 16.1. The van der Waals surface area contributed by atoms with Gasteiger partial charge in [0, 0.05) is 5.02 Å². The largest absolute Gasteiger partial charge is 0.463 e. The summed E-state index contributed by atoms with van der Waals surface area (Å²) in [6.45, 7) is 1.63. The van der Waals surface area contributed by atoms with Gasteiger partial charge in [-0.15, -0.1) is 0 Å². The molecule has 0 aliphatic heterocycles. The lowest BCUT2D eigenvalue weighted by Gasteiger charge is -2.06. The molecule has 2 aromatic rings. The van der Waals surface area contributed by atoms with Crippen LogP contribution in [0.5, 0.6) is 0 Å². The first kappa shape index (κ1) is 16.1. The number of carbonyl (C=O) groups is 2. The number of benzene rings is 1. The molecule has 114 valence electrons. The highest BCUT2D eigenvalue weighted by molar-refractivity contribution is 6.42. The molecule has 0 spiro atoms. The molecule has 0 aliphatic rings. The molecule has 2 N–H and O–H groups in total. The fraction of sp³-hybridized carbons (Fsp3) is 0.0714. The second-order valence-corrected chi connectivity index (χ2v) is 5.04. The molecule has 2 amide bonds. The summed E-state index contributed by atoms with van der Waals surface area (Å²) < 4.78 is 5.10. The molecule has 0 atom stereocenters. The molecule has 22 heavy (non-hydrogen) atoms. The van der Waals surface area contributed by atoms with Crippen molar-refractivity contribution in [3.8, 4) is 0 Å². The summed E-state index contributed by atoms with van der Waals surface area (Å²) in [5, 5.41) is 6.77. The van der Waals surface area contributed by atoms with Gasteiger partial charge in [-0.1, -0.05) is 23.2 Å². The Morgan fingerprint density at radius 3 is 2.64 bits per heavy atom. The Balaban J connectivity index is 1.99. The number of anilines is 1. The van der Waals surface area contributed by atoms with Crippen molar-refractivity contribution < 1.29 is 14.0 Å². The van der Waals surface area contributed by atoms with Crippen molar-refractivity contribution in [3.05, 3.63) is 52.4 Å². The summed E-state index contributed by atoms with van der Waals surface area (Å²) in [7, 11) is 0. The third-order valence-corrected chi connectivity index (χ3v) is 3.15. The summed E-state index contributed by atoms with van der Waals surface area (Å²) in [4.78, 5) is 23.4. The van der Waals surface area contributed by atoms with Gasteiger partial charge in [0.2, 0.25) is 0 Å². The number of hydrogen-bond acceptors (Lipinski definition) is 4. The normalized spacial score (nSPS) is 11.1. The number of carbonyl (C=O) groups excluding carboxylic acids is 2. The fourth-order valence-electron chi connectivity index (χ4n) is 1.50. The molecule has 0 radical (unpaired) electrons. The van der Waals surface area contributed by atoms with Crippen LogP contribution in [0.25, 0.3) is 0 Å². The molecular formula is C14H11Cl2N3O3. The molecule has 8 heteroatoms. The Morgan fingerprint density at radius 2 is 1.95 bits per heavy atom. The van der Waals surface area contributed by atoms with Crippen LogP contribution in [0.3, 0.4) is 0 Å². The smallest absolute Gasteiger partial charge is 0.329 e. The van der Waals surface area contributed by atoms with Crippen molar-refractivity contribution in [2.45, 2.75) is 6.92 Å². The standard InChI is InChI=1S/C14H11Cl2N3O3/c1-8(12-3-2-6-22-12)18-19-14(21)13(20)17-11-7-9(15)4-5-10(11)16/h2-7H,1H3,(H,17,20)(H,19,21)/b18-8+. The van der Waals surface area contributed by atoms with Gasteiger partial charge in [-0.25, -0.2) is 5.43 Å². The van der Waals surface area contributed by atoms with E-state index in [1.807, 2.05) is 0 Å². The molecule has 0 saturated heterocycles. The van der Waals surface area contributed by atoms with Gasteiger partial charge >= 0.3 is 11.8 Å². The minimum atomic E-state index is -0.943. The minimum absolute atomic E-state index is 0.237. The van der Waals surface area contributed by atoms with Crippen LogP contribution in [0.4, 0.5) is 5.69 Å². The van der Waals surface area contributed by atoms with Gasteiger partial charge in [-0.2, -0.15) is 5.10 Å². The zero-order valence-corrected chi connectivity index (χ0v) is 12.9. The number of hydrazone groups is 1. The second-order valence-electron chi connectivity index (χ2n) is 4.19. The van der Waals surface area contributed by atoms with Gasteiger partial charge in [-0.3, -0.25) is 9.59 Å². The van der Waals surface area contributed by atoms with Crippen LogP contribution in [0, 0.1) is 0 Å². The predicted octanol–water partition coefficient (Wildman–Crippen LogP) is 3.07. The molecule has 1 aromatic heterocycles. The van der Waals surface area contributed by atoms with E-state index in [0.717, 1.165) is 0 Å². The Morgan fingerprint density at radius 1 is 1.18 bits per heavy atom. The monoisotopic (exact) mass is 339 g/mol. The highest BCUT2D eigenvalue weighted by Gasteiger charge is 2.15. The van der Waals surface area contributed by atoms with Crippen LogP contribution in [-0.4, -0.2) is 17.5 Å². The highest BCUT2D eigenvalue weighted by Crippen LogP contribution is 2.25. The van der Waals surface area contributed by atoms with Crippen LogP contribution in [0.15, 0.2) is 46.1 Å². The van der Waals surface area contributed by atoms with E-state index in [2.05, 4.69) is 15.8 Å². The predicted molar refractivity (Wildman–Crippen MR) is 84.2 cm³/mol. The Bertz CT molecular complexity index is 727. The van der Waals surface area contributed by atoms with Crippen molar-refractivity contribution in [1.29, 1.82) is 0 Å². The number of hydrogen-bond donors (Lipinski definition) is 2. The maximum absolute atomic E-state index is 11.8. The topological polar surface area (TPSA) is 83.7 Å². The van der Waals surface area contributed by atoms with Crippen LogP contribution >= 0.6 is 23.2 Å². The molecule has 1 aromatic carbocycles. The van der Waals surface area contributed by atoms with Crippen molar-refractivity contribution >= 4 is 46.4 Å². The SMILES string of the molecule is C/C(=N\NC(=O)C(=O)Nc1cc(Cl)ccc1Cl)c1ccco1. The van der Waals surface area contributed by atoms with E-state index in [0.29, 0.717) is 16.5 Å². The van der Waals surface area contributed by atoms with Crippen molar-refractivity contribution in [2.24, 2.45) is 5.10 Å². The molecule has 0 fully saturated rings. The summed E-state index contributed by atoms with van der Waals surface area (Å²) >= 11 is 11.7. The molecule has 1 heterocycles. The lowest BCUT2D eigenvalue weighted by Crippen LogP contribution is -2.33. The average Bonchev–Trinajstić information content (AvgIpc) is 3.02. The average molecular weight is 340 g/mol. The van der Waals surface area contributed by atoms with Crippen molar-refractivity contribution in [1.82, 2.24) is 5.43 Å². The summed E-state index contributed by atoms with van der Waals surface area (Å²) in [5.74, 6) is -1.37. The maximum atomic E-state index is 11.8. The second kappa shape index (κ2) is 7.11. The van der Waals surface area contributed by atoms with Crippen molar-refractivity contribution in [2.75, 3.05) is 5.32 Å². The minimum Gasteiger partial charge on any atom is -0.463 e. The van der Waals surface area contributed by atoms with Crippen LogP contribution in [0.1, 0.15) is 12.7 Å². The number of nitrogens with one attached hydrogen (secondary N) is 2. The Labute approximate surface area is 136 Å². The molecule has 0 unspecified atom stereocenters. The fourth-order valence-corrected chi connectivity index (χ4v) is 1.83. The van der Waals surface area contributed by atoms with E-state index >= 15 is 0 Å². The molecule has 0 aliphatic carbocycles. The zero-order valence-electron chi connectivity index (χ0n) is 11.4. The summed E-state index contributed by atoms with van der Waals surface area (Å²) in [5.41, 5.74) is 2.79. The van der Waals surface area contributed by atoms with Gasteiger partial charge in [0.1, 0.15) is 11.5 Å².